The molecule has 9 heteroatoms. The largest absolute Gasteiger partial charge is 0.271 e. The second kappa shape index (κ2) is 9.26. The van der Waals surface area contributed by atoms with Crippen molar-refractivity contribution in [1.82, 2.24) is 9.73 Å². The average Bonchev–Trinajstić information content (AvgIpc) is 2.74. The average molecular weight is 454 g/mol. The molecule has 154 valence electrons. The van der Waals surface area contributed by atoms with E-state index in [4.69, 9.17) is 23.2 Å². The summed E-state index contributed by atoms with van der Waals surface area (Å²) in [6.45, 7) is 2.73. The minimum absolute atomic E-state index is 0.109. The predicted octanol–water partition coefficient (Wildman–Crippen LogP) is 4.32. The fraction of sp³-hybridized carbons (Fsp3) is 0.300. The number of hydrogen-bond donors (Lipinski definition) is 1. The second-order valence-corrected chi connectivity index (χ2v) is 9.51. The van der Waals surface area contributed by atoms with E-state index >= 15 is 0 Å². The van der Waals surface area contributed by atoms with Crippen molar-refractivity contribution in [2.45, 2.75) is 31.1 Å². The fourth-order valence-electron chi connectivity index (χ4n) is 3.04. The van der Waals surface area contributed by atoms with E-state index in [1.165, 1.54) is 16.4 Å². The van der Waals surface area contributed by atoms with E-state index in [1.54, 1.807) is 37.3 Å². The quantitative estimate of drug-likeness (QED) is 0.540. The molecule has 6 nitrogen and oxygen atoms in total. The van der Waals surface area contributed by atoms with E-state index < -0.39 is 15.9 Å². The van der Waals surface area contributed by atoms with Gasteiger partial charge < -0.3 is 0 Å². The number of rotatable bonds is 5. The summed E-state index contributed by atoms with van der Waals surface area (Å²) < 4.78 is 27.1. The molecule has 0 aromatic heterocycles. The van der Waals surface area contributed by atoms with E-state index in [0.29, 0.717) is 34.4 Å². The zero-order valence-corrected chi connectivity index (χ0v) is 18.2. The molecule has 2 aromatic rings. The lowest BCUT2D eigenvalue weighted by molar-refractivity contribution is 0.0954. The molecular weight excluding hydrogens is 433 g/mol. The molecular formula is C20H21Cl2N3O3S. The molecule has 0 radical (unpaired) electrons. The van der Waals surface area contributed by atoms with Gasteiger partial charge >= 0.3 is 0 Å². The maximum Gasteiger partial charge on any atom is 0.271 e. The Balaban J connectivity index is 1.76. The Morgan fingerprint density at radius 2 is 1.72 bits per heavy atom. The van der Waals surface area contributed by atoms with Crippen LogP contribution in [-0.2, 0) is 10.0 Å². The van der Waals surface area contributed by atoms with Gasteiger partial charge in [-0.1, -0.05) is 41.8 Å². The first-order chi connectivity index (χ1) is 13.8. The van der Waals surface area contributed by atoms with Crippen LogP contribution in [0.4, 0.5) is 0 Å². The van der Waals surface area contributed by atoms with Crippen LogP contribution in [0.1, 0.15) is 42.1 Å². The molecule has 1 amide bonds. The van der Waals surface area contributed by atoms with Crippen LogP contribution in [0.15, 0.2) is 52.5 Å². The highest BCUT2D eigenvalue weighted by Crippen LogP contribution is 2.23. The molecule has 1 heterocycles. The maximum absolute atomic E-state index is 12.8. The number of benzene rings is 2. The summed E-state index contributed by atoms with van der Waals surface area (Å²) in [4.78, 5) is 12.6. The van der Waals surface area contributed by atoms with Gasteiger partial charge in [-0.3, -0.25) is 4.79 Å². The van der Waals surface area contributed by atoms with Crippen LogP contribution < -0.4 is 5.43 Å². The Bertz CT molecular complexity index is 1050. The van der Waals surface area contributed by atoms with Gasteiger partial charge in [-0.25, -0.2) is 13.8 Å². The highest BCUT2D eigenvalue weighted by molar-refractivity contribution is 7.89. The van der Waals surface area contributed by atoms with Gasteiger partial charge in [-0.15, -0.1) is 0 Å². The molecule has 3 rings (SSSR count). The molecule has 1 saturated heterocycles. The Morgan fingerprint density at radius 3 is 2.41 bits per heavy atom. The summed E-state index contributed by atoms with van der Waals surface area (Å²) in [7, 11) is -3.61. The zero-order valence-electron chi connectivity index (χ0n) is 15.9. The van der Waals surface area contributed by atoms with Gasteiger partial charge in [-0.2, -0.15) is 9.41 Å². The summed E-state index contributed by atoms with van der Waals surface area (Å²) in [6.07, 6.45) is 2.73. The monoisotopic (exact) mass is 453 g/mol. The number of hydrazone groups is 1. The maximum atomic E-state index is 12.8. The van der Waals surface area contributed by atoms with Crippen molar-refractivity contribution < 1.29 is 13.2 Å². The smallest absolute Gasteiger partial charge is 0.267 e. The number of sulfonamides is 1. The first-order valence-electron chi connectivity index (χ1n) is 9.19. The van der Waals surface area contributed by atoms with E-state index in [9.17, 15) is 13.2 Å². The molecule has 29 heavy (non-hydrogen) atoms. The minimum atomic E-state index is -3.61. The fourth-order valence-corrected chi connectivity index (χ4v) is 4.90. The molecule has 1 aliphatic rings. The van der Waals surface area contributed by atoms with Crippen LogP contribution in [0, 0.1) is 0 Å². The summed E-state index contributed by atoms with van der Waals surface area (Å²) in [5.74, 6) is -0.500. The third kappa shape index (κ3) is 5.17. The van der Waals surface area contributed by atoms with Crippen LogP contribution in [0.3, 0.4) is 0 Å². The standard InChI is InChI=1S/C20H21Cl2N3O3S/c1-14(15-8-9-18(21)19(22)13-15)23-24-20(26)16-6-5-7-17(12-16)29(27,28)25-10-3-2-4-11-25/h5-9,12-13H,2-4,10-11H2,1H3,(H,24,26)/b23-14+. The molecule has 0 unspecified atom stereocenters. The number of carbonyl (C=O) groups excluding carboxylic acids is 1. The molecule has 0 atom stereocenters. The number of hydrogen-bond acceptors (Lipinski definition) is 4. The lowest BCUT2D eigenvalue weighted by Gasteiger charge is -2.25. The predicted molar refractivity (Wildman–Crippen MR) is 115 cm³/mol. The first kappa shape index (κ1) is 21.8. The molecule has 0 spiro atoms. The van der Waals surface area contributed by atoms with Crippen LogP contribution in [-0.4, -0.2) is 37.4 Å². The molecule has 1 N–H and O–H groups in total. The molecule has 2 aromatic carbocycles. The molecule has 1 fully saturated rings. The van der Waals surface area contributed by atoms with Crippen molar-refractivity contribution in [1.29, 1.82) is 0 Å². The Labute approximate surface area is 180 Å². The van der Waals surface area contributed by atoms with Gasteiger partial charge in [0.1, 0.15) is 0 Å². The summed E-state index contributed by atoms with van der Waals surface area (Å²) in [6, 6.07) is 11.0. The lowest BCUT2D eigenvalue weighted by Crippen LogP contribution is -2.35. The first-order valence-corrected chi connectivity index (χ1v) is 11.4. The van der Waals surface area contributed by atoms with Crippen molar-refractivity contribution >= 4 is 44.8 Å². The number of carbonyl (C=O) groups is 1. The minimum Gasteiger partial charge on any atom is -0.267 e. The highest BCUT2D eigenvalue weighted by Gasteiger charge is 2.26. The van der Waals surface area contributed by atoms with Gasteiger partial charge in [0, 0.05) is 18.7 Å². The molecule has 0 saturated carbocycles. The highest BCUT2D eigenvalue weighted by atomic mass is 35.5. The van der Waals surface area contributed by atoms with Crippen molar-refractivity contribution in [2.75, 3.05) is 13.1 Å². The van der Waals surface area contributed by atoms with E-state index in [2.05, 4.69) is 10.5 Å². The summed E-state index contributed by atoms with van der Waals surface area (Å²) >= 11 is 11.9. The Kier molecular flexibility index (Phi) is 6.95. The van der Waals surface area contributed by atoms with E-state index in [1.807, 2.05) is 0 Å². The van der Waals surface area contributed by atoms with Gasteiger partial charge in [0.2, 0.25) is 10.0 Å². The number of halogens is 2. The molecule has 1 aliphatic heterocycles. The zero-order chi connectivity index (χ0) is 21.0. The van der Waals surface area contributed by atoms with Crippen molar-refractivity contribution in [3.63, 3.8) is 0 Å². The Hall–Kier alpha value is -1.93. The van der Waals surface area contributed by atoms with Gasteiger partial charge in [-0.05, 0) is 55.7 Å². The number of amides is 1. The topological polar surface area (TPSA) is 78.8 Å². The van der Waals surface area contributed by atoms with Gasteiger partial charge in [0.15, 0.2) is 0 Å². The third-order valence-electron chi connectivity index (χ3n) is 4.71. The lowest BCUT2D eigenvalue weighted by atomic mass is 10.1. The SMILES string of the molecule is C/C(=N\NC(=O)c1cccc(S(=O)(=O)N2CCCCC2)c1)c1ccc(Cl)c(Cl)c1. The third-order valence-corrected chi connectivity index (χ3v) is 7.35. The van der Waals surface area contributed by atoms with Crippen LogP contribution in [0.5, 0.6) is 0 Å². The number of piperidine rings is 1. The Morgan fingerprint density at radius 1 is 1.00 bits per heavy atom. The number of nitrogens with zero attached hydrogens (tertiary/aromatic N) is 2. The van der Waals surface area contributed by atoms with Crippen molar-refractivity contribution in [2.24, 2.45) is 5.10 Å². The van der Waals surface area contributed by atoms with Gasteiger partial charge in [0.25, 0.3) is 5.91 Å². The van der Waals surface area contributed by atoms with Crippen molar-refractivity contribution in [3.8, 4) is 0 Å². The number of nitrogens with one attached hydrogen (secondary N) is 1. The van der Waals surface area contributed by atoms with E-state index in [0.717, 1.165) is 19.3 Å². The molecule has 0 aliphatic carbocycles. The van der Waals surface area contributed by atoms with Crippen LogP contribution >= 0.6 is 23.2 Å². The van der Waals surface area contributed by atoms with Crippen LogP contribution in [0.25, 0.3) is 0 Å². The van der Waals surface area contributed by atoms with E-state index in [-0.39, 0.29) is 10.5 Å². The summed E-state index contributed by atoms with van der Waals surface area (Å²) in [5, 5.41) is 4.90. The second-order valence-electron chi connectivity index (χ2n) is 6.76. The van der Waals surface area contributed by atoms with Crippen LogP contribution in [0.2, 0.25) is 10.0 Å². The summed E-state index contributed by atoms with van der Waals surface area (Å²) in [5.41, 5.74) is 3.92. The normalized spacial score (nSPS) is 15.9. The van der Waals surface area contributed by atoms with Gasteiger partial charge in [0.05, 0.1) is 20.7 Å². The van der Waals surface area contributed by atoms with Crippen molar-refractivity contribution in [3.05, 3.63) is 63.6 Å². The molecule has 0 bridgehead atoms.